The molecule has 1 fully saturated rings. The fourth-order valence-electron chi connectivity index (χ4n) is 3.17. The van der Waals surface area contributed by atoms with E-state index in [0.717, 1.165) is 0 Å². The van der Waals surface area contributed by atoms with E-state index in [9.17, 15) is 22.4 Å². The van der Waals surface area contributed by atoms with Crippen molar-refractivity contribution in [1.29, 1.82) is 0 Å². The molecule has 0 radical (unpaired) electrons. The molecule has 0 spiro atoms. The molecule has 7 nitrogen and oxygen atoms in total. The molecular formula is C20H21FN2O5S. The third-order valence-corrected chi connectivity index (χ3v) is 6.76. The van der Waals surface area contributed by atoms with Crippen LogP contribution in [0.5, 0.6) is 0 Å². The zero-order valence-electron chi connectivity index (χ0n) is 15.8. The molecule has 0 aromatic heterocycles. The number of piperidine rings is 1. The molecule has 1 N–H and O–H groups in total. The van der Waals surface area contributed by atoms with Crippen molar-refractivity contribution in [2.75, 3.05) is 25.5 Å². The Bertz CT molecular complexity index is 983. The van der Waals surface area contributed by atoms with Crippen molar-refractivity contribution in [3.05, 3.63) is 59.9 Å². The second-order valence-corrected chi connectivity index (χ2v) is 8.63. The Hall–Kier alpha value is -2.78. The summed E-state index contributed by atoms with van der Waals surface area (Å²) in [6, 6.07) is 11.0. The van der Waals surface area contributed by atoms with Crippen LogP contribution in [0.25, 0.3) is 0 Å². The van der Waals surface area contributed by atoms with E-state index < -0.39 is 16.0 Å². The minimum absolute atomic E-state index is 0.0827. The van der Waals surface area contributed by atoms with Crippen LogP contribution in [-0.2, 0) is 19.6 Å². The maximum absolute atomic E-state index is 13.0. The number of amides is 1. The van der Waals surface area contributed by atoms with E-state index in [1.807, 2.05) is 0 Å². The molecule has 0 atom stereocenters. The van der Waals surface area contributed by atoms with Gasteiger partial charge in [-0.25, -0.2) is 17.6 Å². The fraction of sp³-hybridized carbons (Fsp3) is 0.300. The van der Waals surface area contributed by atoms with Crippen molar-refractivity contribution < 1.29 is 27.1 Å². The number of benzene rings is 2. The van der Waals surface area contributed by atoms with Crippen molar-refractivity contribution in [3.63, 3.8) is 0 Å². The molecule has 3 rings (SSSR count). The number of sulfonamides is 1. The Kier molecular flexibility index (Phi) is 6.29. The molecule has 154 valence electrons. The Morgan fingerprint density at radius 1 is 1.03 bits per heavy atom. The second-order valence-electron chi connectivity index (χ2n) is 6.69. The van der Waals surface area contributed by atoms with Gasteiger partial charge >= 0.3 is 5.97 Å². The van der Waals surface area contributed by atoms with Crippen LogP contribution in [0.1, 0.15) is 23.2 Å². The molecule has 29 heavy (non-hydrogen) atoms. The third-order valence-electron chi connectivity index (χ3n) is 4.85. The molecule has 1 heterocycles. The maximum atomic E-state index is 13.0. The maximum Gasteiger partial charge on any atom is 0.337 e. The lowest BCUT2D eigenvalue weighted by Gasteiger charge is -2.30. The highest BCUT2D eigenvalue weighted by molar-refractivity contribution is 7.89. The summed E-state index contributed by atoms with van der Waals surface area (Å²) < 4.78 is 44.5. The molecule has 2 aromatic rings. The van der Waals surface area contributed by atoms with Crippen molar-refractivity contribution in [3.8, 4) is 0 Å². The normalized spacial score (nSPS) is 15.7. The van der Waals surface area contributed by atoms with Crippen molar-refractivity contribution in [2.45, 2.75) is 17.7 Å². The zero-order valence-corrected chi connectivity index (χ0v) is 16.6. The number of ether oxygens (including phenoxy) is 1. The van der Waals surface area contributed by atoms with E-state index in [-0.39, 0.29) is 41.2 Å². The summed E-state index contributed by atoms with van der Waals surface area (Å²) in [5, 5.41) is 2.73. The van der Waals surface area contributed by atoms with Gasteiger partial charge < -0.3 is 10.1 Å². The van der Waals surface area contributed by atoms with Crippen molar-refractivity contribution in [2.24, 2.45) is 5.92 Å². The van der Waals surface area contributed by atoms with E-state index in [2.05, 4.69) is 10.1 Å². The lowest BCUT2D eigenvalue weighted by atomic mass is 9.97. The van der Waals surface area contributed by atoms with Gasteiger partial charge in [0.1, 0.15) is 5.82 Å². The molecule has 1 amide bonds. The molecule has 1 aliphatic rings. The van der Waals surface area contributed by atoms with E-state index in [4.69, 9.17) is 0 Å². The Morgan fingerprint density at radius 3 is 2.17 bits per heavy atom. The first-order chi connectivity index (χ1) is 13.8. The minimum atomic E-state index is -3.72. The van der Waals surface area contributed by atoms with Crippen LogP contribution in [0.4, 0.5) is 10.1 Å². The lowest BCUT2D eigenvalue weighted by molar-refractivity contribution is -0.120. The monoisotopic (exact) mass is 420 g/mol. The van der Waals surface area contributed by atoms with Gasteiger partial charge in [0.05, 0.1) is 17.6 Å². The minimum Gasteiger partial charge on any atom is -0.465 e. The summed E-state index contributed by atoms with van der Waals surface area (Å²) in [6.45, 7) is 0.422. The Balaban J connectivity index is 1.61. The van der Waals surface area contributed by atoms with Gasteiger partial charge in [-0.05, 0) is 61.4 Å². The molecule has 1 aliphatic heterocycles. The number of hydrogen-bond acceptors (Lipinski definition) is 5. The number of nitrogens with zero attached hydrogens (tertiary/aromatic N) is 1. The first-order valence-corrected chi connectivity index (χ1v) is 10.5. The van der Waals surface area contributed by atoms with E-state index in [0.29, 0.717) is 18.5 Å². The quantitative estimate of drug-likeness (QED) is 0.751. The number of esters is 1. The highest BCUT2D eigenvalue weighted by Gasteiger charge is 2.32. The molecule has 9 heteroatoms. The highest BCUT2D eigenvalue weighted by Crippen LogP contribution is 2.25. The van der Waals surface area contributed by atoms with Gasteiger partial charge in [0.25, 0.3) is 0 Å². The van der Waals surface area contributed by atoms with Crippen LogP contribution in [0.15, 0.2) is 53.4 Å². The van der Waals surface area contributed by atoms with Gasteiger partial charge in [-0.1, -0.05) is 0 Å². The summed E-state index contributed by atoms with van der Waals surface area (Å²) in [5.41, 5.74) is 0.764. The summed E-state index contributed by atoms with van der Waals surface area (Å²) in [4.78, 5) is 24.0. The SMILES string of the molecule is COC(=O)c1ccc(S(=O)(=O)N2CCC(C(=O)Nc3ccc(F)cc3)CC2)cc1. The average Bonchev–Trinajstić information content (AvgIpc) is 2.75. The summed E-state index contributed by atoms with van der Waals surface area (Å²) >= 11 is 0. The van der Waals surface area contributed by atoms with Crippen LogP contribution in [0, 0.1) is 11.7 Å². The van der Waals surface area contributed by atoms with Gasteiger partial charge in [-0.15, -0.1) is 0 Å². The number of carbonyl (C=O) groups excluding carboxylic acids is 2. The highest BCUT2D eigenvalue weighted by atomic mass is 32.2. The van der Waals surface area contributed by atoms with Crippen molar-refractivity contribution >= 4 is 27.6 Å². The number of halogens is 1. The van der Waals surface area contributed by atoms with Crippen LogP contribution in [0.3, 0.4) is 0 Å². The lowest BCUT2D eigenvalue weighted by Crippen LogP contribution is -2.41. The Morgan fingerprint density at radius 2 is 1.62 bits per heavy atom. The molecule has 1 saturated heterocycles. The van der Waals surface area contributed by atoms with Gasteiger partial charge in [0.2, 0.25) is 15.9 Å². The number of nitrogens with one attached hydrogen (secondary N) is 1. The van der Waals surface area contributed by atoms with Crippen LogP contribution in [0.2, 0.25) is 0 Å². The number of rotatable bonds is 5. The molecule has 2 aromatic carbocycles. The van der Waals surface area contributed by atoms with Gasteiger partial charge in [-0.2, -0.15) is 4.31 Å². The fourth-order valence-corrected chi connectivity index (χ4v) is 4.64. The Labute approximate surface area is 168 Å². The average molecular weight is 420 g/mol. The van der Waals surface area contributed by atoms with Crippen LogP contribution < -0.4 is 5.32 Å². The first-order valence-electron chi connectivity index (χ1n) is 9.06. The van der Waals surface area contributed by atoms with Gasteiger partial charge in [-0.3, -0.25) is 4.79 Å². The van der Waals surface area contributed by atoms with Crippen LogP contribution >= 0.6 is 0 Å². The predicted octanol–water partition coefficient (Wildman–Crippen LogP) is 2.65. The molecule has 0 unspecified atom stereocenters. The first kappa shape index (κ1) is 20.9. The smallest absolute Gasteiger partial charge is 0.337 e. The molecule has 0 aliphatic carbocycles. The second kappa shape index (κ2) is 8.71. The zero-order chi connectivity index (χ0) is 21.0. The largest absolute Gasteiger partial charge is 0.465 e. The van der Waals surface area contributed by atoms with E-state index in [1.54, 1.807) is 0 Å². The van der Waals surface area contributed by atoms with Gasteiger partial charge in [0.15, 0.2) is 0 Å². The molecule has 0 bridgehead atoms. The molecular weight excluding hydrogens is 399 g/mol. The van der Waals surface area contributed by atoms with Crippen molar-refractivity contribution in [1.82, 2.24) is 4.31 Å². The number of methoxy groups -OCH3 is 1. The topological polar surface area (TPSA) is 92.8 Å². The number of anilines is 1. The van der Waals surface area contributed by atoms with E-state index >= 15 is 0 Å². The third kappa shape index (κ3) is 4.80. The number of hydrogen-bond donors (Lipinski definition) is 1. The summed E-state index contributed by atoms with van der Waals surface area (Å²) in [6.07, 6.45) is 0.763. The number of carbonyl (C=O) groups is 2. The summed E-state index contributed by atoms with van der Waals surface area (Å²) in [5.74, 6) is -1.47. The van der Waals surface area contributed by atoms with Crippen LogP contribution in [-0.4, -0.2) is 44.8 Å². The van der Waals surface area contributed by atoms with E-state index in [1.165, 1.54) is 59.9 Å². The predicted molar refractivity (Wildman–Crippen MR) is 104 cm³/mol. The standard InChI is InChI=1S/C20H21FN2O5S/c1-28-20(25)15-2-8-18(9-3-15)29(26,27)23-12-10-14(11-13-23)19(24)22-17-6-4-16(21)5-7-17/h2-9,14H,10-13H2,1H3,(H,22,24). The summed E-state index contributed by atoms with van der Waals surface area (Å²) in [7, 11) is -2.46. The van der Waals surface area contributed by atoms with Gasteiger partial charge in [0, 0.05) is 24.7 Å². The molecule has 0 saturated carbocycles.